The molecule has 5 nitrogen and oxygen atoms in total. The molecular formula is C10H15NO4. The van der Waals surface area contributed by atoms with E-state index in [0.717, 1.165) is 6.42 Å². The minimum absolute atomic E-state index is 0.00394. The molecule has 0 saturated heterocycles. The van der Waals surface area contributed by atoms with Crippen LogP contribution in [0.15, 0.2) is 11.8 Å². The quantitative estimate of drug-likeness (QED) is 0.656. The van der Waals surface area contributed by atoms with E-state index in [1.807, 2.05) is 6.92 Å². The molecule has 0 bridgehead atoms. The minimum Gasteiger partial charge on any atom is -0.478 e. The van der Waals surface area contributed by atoms with Crippen LogP contribution < -0.4 is 0 Å². The normalized spacial score (nSPS) is 15.7. The second kappa shape index (κ2) is 5.50. The number of nitrogens with zero attached hydrogens (tertiary/aromatic N) is 1. The molecule has 5 heteroatoms. The van der Waals surface area contributed by atoms with Crippen LogP contribution in [-0.4, -0.2) is 41.6 Å². The van der Waals surface area contributed by atoms with Crippen LogP contribution in [0.4, 0.5) is 0 Å². The van der Waals surface area contributed by atoms with Gasteiger partial charge in [0.25, 0.3) is 0 Å². The Kier molecular flexibility index (Phi) is 4.30. The fourth-order valence-corrected chi connectivity index (χ4v) is 1.37. The molecule has 1 amide bonds. The van der Waals surface area contributed by atoms with Gasteiger partial charge in [-0.3, -0.25) is 4.79 Å². The van der Waals surface area contributed by atoms with Gasteiger partial charge in [-0.05, 0) is 13.3 Å². The molecule has 0 spiro atoms. The lowest BCUT2D eigenvalue weighted by Gasteiger charge is -2.12. The Bertz CT molecular complexity index is 285. The fourth-order valence-electron chi connectivity index (χ4n) is 1.37. The van der Waals surface area contributed by atoms with Crippen molar-refractivity contribution in [2.24, 2.45) is 0 Å². The van der Waals surface area contributed by atoms with E-state index in [2.05, 4.69) is 0 Å². The molecule has 0 aliphatic carbocycles. The van der Waals surface area contributed by atoms with Crippen molar-refractivity contribution in [3.05, 3.63) is 11.8 Å². The molecule has 1 aliphatic rings. The van der Waals surface area contributed by atoms with Crippen LogP contribution in [0.1, 0.15) is 19.8 Å². The molecule has 0 aromatic carbocycles. The minimum atomic E-state index is -1.02. The molecule has 0 radical (unpaired) electrons. The Hall–Kier alpha value is -1.36. The molecule has 0 saturated carbocycles. The molecular weight excluding hydrogens is 198 g/mol. The first-order valence-corrected chi connectivity index (χ1v) is 4.96. The van der Waals surface area contributed by atoms with E-state index < -0.39 is 5.97 Å². The average Bonchev–Trinajstić information content (AvgIpc) is 2.55. The van der Waals surface area contributed by atoms with E-state index in [4.69, 9.17) is 9.84 Å². The van der Waals surface area contributed by atoms with Gasteiger partial charge in [0.2, 0.25) is 5.91 Å². The Morgan fingerprint density at radius 3 is 2.93 bits per heavy atom. The predicted octanol–water partition coefficient (Wildman–Crippen LogP) is 0.614. The van der Waals surface area contributed by atoms with Gasteiger partial charge in [-0.15, -0.1) is 0 Å². The third-order valence-electron chi connectivity index (χ3n) is 2.14. The van der Waals surface area contributed by atoms with E-state index in [-0.39, 0.29) is 17.9 Å². The van der Waals surface area contributed by atoms with Crippen molar-refractivity contribution in [2.45, 2.75) is 19.8 Å². The third-order valence-corrected chi connectivity index (χ3v) is 2.14. The molecule has 1 rings (SSSR count). The summed E-state index contributed by atoms with van der Waals surface area (Å²) in [7, 11) is 0. The summed E-state index contributed by atoms with van der Waals surface area (Å²) in [5, 5.41) is 8.69. The lowest BCUT2D eigenvalue weighted by Crippen LogP contribution is -2.22. The second-order valence-corrected chi connectivity index (χ2v) is 3.27. The van der Waals surface area contributed by atoms with Crippen LogP contribution >= 0.6 is 0 Å². The van der Waals surface area contributed by atoms with E-state index in [1.54, 1.807) is 0 Å². The molecule has 0 unspecified atom stereocenters. The van der Waals surface area contributed by atoms with Gasteiger partial charge in [-0.25, -0.2) is 4.79 Å². The van der Waals surface area contributed by atoms with E-state index in [9.17, 15) is 9.59 Å². The first kappa shape index (κ1) is 11.7. The average molecular weight is 213 g/mol. The number of carboxylic acid groups (broad SMARTS) is 1. The number of hydrogen-bond acceptors (Lipinski definition) is 3. The first-order valence-electron chi connectivity index (χ1n) is 4.96. The van der Waals surface area contributed by atoms with Gasteiger partial charge in [0, 0.05) is 26.0 Å². The van der Waals surface area contributed by atoms with Crippen LogP contribution in [0.3, 0.4) is 0 Å². The Morgan fingerprint density at radius 2 is 2.40 bits per heavy atom. The number of carbonyl (C=O) groups is 2. The Labute approximate surface area is 88.3 Å². The zero-order valence-corrected chi connectivity index (χ0v) is 8.73. The summed E-state index contributed by atoms with van der Waals surface area (Å²) < 4.78 is 5.13. The van der Waals surface area contributed by atoms with Gasteiger partial charge < -0.3 is 14.7 Å². The second-order valence-electron chi connectivity index (χ2n) is 3.27. The SMILES string of the molecule is CCOCCCN1C=C(C(=O)O)CC1=O. The zero-order chi connectivity index (χ0) is 11.3. The van der Waals surface area contributed by atoms with Crippen molar-refractivity contribution in [2.75, 3.05) is 19.8 Å². The highest BCUT2D eigenvalue weighted by molar-refractivity contribution is 5.97. The number of ether oxygens (including phenoxy) is 1. The molecule has 0 aromatic heterocycles. The first-order chi connectivity index (χ1) is 7.15. The summed E-state index contributed by atoms with van der Waals surface area (Å²) in [6.07, 6.45) is 2.14. The lowest BCUT2D eigenvalue weighted by molar-refractivity contribution is -0.134. The van der Waals surface area contributed by atoms with Crippen molar-refractivity contribution in [3.63, 3.8) is 0 Å². The molecule has 84 valence electrons. The molecule has 1 N–H and O–H groups in total. The van der Waals surface area contributed by atoms with Gasteiger partial charge in [0.05, 0.1) is 12.0 Å². The van der Waals surface area contributed by atoms with Gasteiger partial charge in [-0.1, -0.05) is 0 Å². The summed E-state index contributed by atoms with van der Waals surface area (Å²) in [4.78, 5) is 23.4. The Morgan fingerprint density at radius 1 is 1.67 bits per heavy atom. The predicted molar refractivity (Wildman–Crippen MR) is 53.2 cm³/mol. The summed E-state index contributed by atoms with van der Waals surface area (Å²) >= 11 is 0. The summed E-state index contributed by atoms with van der Waals surface area (Å²) in [5.41, 5.74) is 0.163. The standard InChI is InChI=1S/C10H15NO4/c1-2-15-5-3-4-11-7-8(10(13)14)6-9(11)12/h7H,2-6H2,1H3,(H,13,14). The maximum absolute atomic E-state index is 11.3. The highest BCUT2D eigenvalue weighted by Gasteiger charge is 2.24. The maximum atomic E-state index is 11.3. The monoisotopic (exact) mass is 213 g/mol. The smallest absolute Gasteiger partial charge is 0.333 e. The summed E-state index contributed by atoms with van der Waals surface area (Å²) in [6.45, 7) is 3.68. The van der Waals surface area contributed by atoms with Crippen molar-refractivity contribution in [3.8, 4) is 0 Å². The van der Waals surface area contributed by atoms with Crippen molar-refractivity contribution < 1.29 is 19.4 Å². The lowest BCUT2D eigenvalue weighted by atomic mass is 10.2. The Balaban J connectivity index is 2.35. The topological polar surface area (TPSA) is 66.8 Å². The maximum Gasteiger partial charge on any atom is 0.333 e. The molecule has 1 aliphatic heterocycles. The highest BCUT2D eigenvalue weighted by Crippen LogP contribution is 2.15. The molecule has 15 heavy (non-hydrogen) atoms. The van der Waals surface area contributed by atoms with E-state index in [1.165, 1.54) is 11.1 Å². The number of aliphatic carboxylic acids is 1. The van der Waals surface area contributed by atoms with E-state index in [0.29, 0.717) is 19.8 Å². The largest absolute Gasteiger partial charge is 0.478 e. The summed E-state index contributed by atoms with van der Waals surface area (Å²) in [6, 6.07) is 0. The van der Waals surface area contributed by atoms with Crippen molar-refractivity contribution in [1.82, 2.24) is 4.90 Å². The van der Waals surface area contributed by atoms with Crippen LogP contribution in [0, 0.1) is 0 Å². The number of amides is 1. The van der Waals surface area contributed by atoms with E-state index >= 15 is 0 Å². The van der Waals surface area contributed by atoms with Crippen LogP contribution in [0.2, 0.25) is 0 Å². The molecule has 1 heterocycles. The zero-order valence-electron chi connectivity index (χ0n) is 8.73. The van der Waals surface area contributed by atoms with Gasteiger partial charge >= 0.3 is 5.97 Å². The van der Waals surface area contributed by atoms with Crippen molar-refractivity contribution >= 4 is 11.9 Å². The van der Waals surface area contributed by atoms with Gasteiger partial charge in [0.1, 0.15) is 0 Å². The number of rotatable bonds is 6. The number of hydrogen-bond donors (Lipinski definition) is 1. The fraction of sp³-hybridized carbons (Fsp3) is 0.600. The van der Waals surface area contributed by atoms with Crippen molar-refractivity contribution in [1.29, 1.82) is 0 Å². The van der Waals surface area contributed by atoms with Crippen LogP contribution in [0.5, 0.6) is 0 Å². The molecule has 0 aromatic rings. The third kappa shape index (κ3) is 3.36. The molecule has 0 fully saturated rings. The van der Waals surface area contributed by atoms with Crippen LogP contribution in [-0.2, 0) is 14.3 Å². The van der Waals surface area contributed by atoms with Gasteiger partial charge in [-0.2, -0.15) is 0 Å². The summed E-state index contributed by atoms with van der Waals surface area (Å²) in [5.74, 6) is -1.17. The van der Waals surface area contributed by atoms with Crippen LogP contribution in [0.25, 0.3) is 0 Å². The van der Waals surface area contributed by atoms with Gasteiger partial charge in [0.15, 0.2) is 0 Å². The number of carboxylic acids is 1. The highest BCUT2D eigenvalue weighted by atomic mass is 16.5. The number of carbonyl (C=O) groups excluding carboxylic acids is 1. The molecule has 0 atom stereocenters.